The van der Waals surface area contributed by atoms with E-state index in [4.69, 9.17) is 5.73 Å². The van der Waals surface area contributed by atoms with E-state index in [9.17, 15) is 9.59 Å². The summed E-state index contributed by atoms with van der Waals surface area (Å²) in [4.78, 5) is 22.3. The van der Waals surface area contributed by atoms with Crippen molar-refractivity contribution in [2.24, 2.45) is 12.8 Å². The van der Waals surface area contributed by atoms with Gasteiger partial charge in [0.15, 0.2) is 0 Å². The first-order chi connectivity index (χ1) is 6.93. The Morgan fingerprint density at radius 1 is 1.67 bits per heavy atom. The summed E-state index contributed by atoms with van der Waals surface area (Å²) in [5, 5.41) is 6.34. The molecular formula is C8H11BrN4O2. The van der Waals surface area contributed by atoms with Crippen molar-refractivity contribution in [1.82, 2.24) is 15.1 Å². The number of carbonyl (C=O) groups is 2. The Morgan fingerprint density at radius 2 is 2.27 bits per heavy atom. The normalized spacial score (nSPS) is 12.2. The first kappa shape index (κ1) is 11.7. The van der Waals surface area contributed by atoms with Crippen molar-refractivity contribution in [1.29, 1.82) is 0 Å². The number of aryl methyl sites for hydroxylation is 1. The topological polar surface area (TPSA) is 90.0 Å². The van der Waals surface area contributed by atoms with Crippen LogP contribution in [0.4, 0.5) is 0 Å². The average molecular weight is 275 g/mol. The fraction of sp³-hybridized carbons (Fsp3) is 0.375. The van der Waals surface area contributed by atoms with Crippen LogP contribution in [0.5, 0.6) is 0 Å². The summed E-state index contributed by atoms with van der Waals surface area (Å²) in [6.45, 7) is 1.52. The van der Waals surface area contributed by atoms with Crippen LogP contribution in [0.25, 0.3) is 0 Å². The summed E-state index contributed by atoms with van der Waals surface area (Å²) >= 11 is 3.20. The third-order valence-corrected chi connectivity index (χ3v) is 2.83. The molecule has 1 heterocycles. The van der Waals surface area contributed by atoms with Gasteiger partial charge in [-0.25, -0.2) is 0 Å². The van der Waals surface area contributed by atoms with Crippen molar-refractivity contribution in [3.05, 3.63) is 16.4 Å². The Morgan fingerprint density at radius 3 is 2.67 bits per heavy atom. The standard InChI is InChI=1S/C8H11BrN4O2/c1-4(7(10)14)12-8(15)5-3-11-13(2)6(5)9/h3-4H,1-2H3,(H2,10,14)(H,12,15)/t4-/m1/s1. The number of nitrogens with one attached hydrogen (secondary N) is 1. The molecule has 1 rings (SSSR count). The number of rotatable bonds is 3. The molecule has 0 saturated carbocycles. The molecule has 3 N–H and O–H groups in total. The lowest BCUT2D eigenvalue weighted by Crippen LogP contribution is -2.42. The fourth-order valence-electron chi connectivity index (χ4n) is 0.920. The third kappa shape index (κ3) is 2.56. The van der Waals surface area contributed by atoms with E-state index in [1.807, 2.05) is 0 Å². The molecule has 2 amide bonds. The second-order valence-electron chi connectivity index (χ2n) is 3.07. The number of amides is 2. The third-order valence-electron chi connectivity index (χ3n) is 1.89. The molecule has 0 spiro atoms. The van der Waals surface area contributed by atoms with E-state index >= 15 is 0 Å². The summed E-state index contributed by atoms with van der Waals surface area (Å²) in [7, 11) is 1.69. The molecule has 1 atom stereocenters. The van der Waals surface area contributed by atoms with E-state index in [-0.39, 0.29) is 5.91 Å². The van der Waals surface area contributed by atoms with Crippen LogP contribution in [0.3, 0.4) is 0 Å². The van der Waals surface area contributed by atoms with Crippen LogP contribution in [0.15, 0.2) is 10.8 Å². The minimum absolute atomic E-state index is 0.366. The summed E-state index contributed by atoms with van der Waals surface area (Å²) in [6, 6.07) is -0.704. The molecule has 0 unspecified atom stereocenters. The quantitative estimate of drug-likeness (QED) is 0.799. The predicted molar refractivity (Wildman–Crippen MR) is 57.0 cm³/mol. The zero-order valence-corrected chi connectivity index (χ0v) is 9.91. The predicted octanol–water partition coefficient (Wildman–Crippen LogP) is -0.214. The van der Waals surface area contributed by atoms with Crippen LogP contribution in [-0.2, 0) is 11.8 Å². The van der Waals surface area contributed by atoms with Crippen LogP contribution in [0.1, 0.15) is 17.3 Å². The largest absolute Gasteiger partial charge is 0.368 e. The van der Waals surface area contributed by atoms with Crippen molar-refractivity contribution in [2.75, 3.05) is 0 Å². The lowest BCUT2D eigenvalue weighted by Gasteiger charge is -2.08. The molecule has 7 heteroatoms. The number of aromatic nitrogens is 2. The minimum Gasteiger partial charge on any atom is -0.368 e. The maximum Gasteiger partial charge on any atom is 0.256 e. The van der Waals surface area contributed by atoms with Gasteiger partial charge < -0.3 is 11.1 Å². The highest BCUT2D eigenvalue weighted by atomic mass is 79.9. The Labute approximate surface area is 94.9 Å². The molecule has 82 valence electrons. The number of halogens is 1. The Bertz CT molecular complexity index is 401. The van der Waals surface area contributed by atoms with Crippen molar-refractivity contribution < 1.29 is 9.59 Å². The lowest BCUT2D eigenvalue weighted by atomic mass is 10.3. The number of nitrogens with two attached hydrogens (primary N) is 1. The molecule has 6 nitrogen and oxygen atoms in total. The van der Waals surface area contributed by atoms with Crippen LogP contribution in [0, 0.1) is 0 Å². The van der Waals surface area contributed by atoms with Gasteiger partial charge in [-0.2, -0.15) is 5.10 Å². The molecule has 1 aromatic heterocycles. The number of hydrogen-bond donors (Lipinski definition) is 2. The van der Waals surface area contributed by atoms with Gasteiger partial charge in [-0.15, -0.1) is 0 Å². The Kier molecular flexibility index (Phi) is 3.46. The van der Waals surface area contributed by atoms with E-state index in [1.165, 1.54) is 17.8 Å². The van der Waals surface area contributed by atoms with Gasteiger partial charge in [0, 0.05) is 7.05 Å². The van der Waals surface area contributed by atoms with Gasteiger partial charge in [-0.05, 0) is 22.9 Å². The SMILES string of the molecule is C[C@@H](NC(=O)c1cnn(C)c1Br)C(N)=O. The maximum atomic E-state index is 11.6. The van der Waals surface area contributed by atoms with Crippen molar-refractivity contribution in [3.63, 3.8) is 0 Å². The van der Waals surface area contributed by atoms with E-state index in [1.54, 1.807) is 7.05 Å². The second-order valence-corrected chi connectivity index (χ2v) is 3.82. The van der Waals surface area contributed by atoms with Crippen LogP contribution in [-0.4, -0.2) is 27.6 Å². The maximum absolute atomic E-state index is 11.6. The Hall–Kier alpha value is -1.37. The van der Waals surface area contributed by atoms with Gasteiger partial charge in [0.1, 0.15) is 10.6 Å². The van der Waals surface area contributed by atoms with E-state index in [2.05, 4.69) is 26.3 Å². The first-order valence-corrected chi connectivity index (χ1v) is 5.00. The van der Waals surface area contributed by atoms with Crippen molar-refractivity contribution >= 4 is 27.7 Å². The number of primary amides is 1. The molecule has 0 saturated heterocycles. The highest BCUT2D eigenvalue weighted by Gasteiger charge is 2.18. The highest BCUT2D eigenvalue weighted by Crippen LogP contribution is 2.14. The molecule has 0 aliphatic heterocycles. The zero-order valence-electron chi connectivity index (χ0n) is 8.32. The van der Waals surface area contributed by atoms with Gasteiger partial charge in [0.25, 0.3) is 5.91 Å². The van der Waals surface area contributed by atoms with Gasteiger partial charge >= 0.3 is 0 Å². The number of nitrogens with zero attached hydrogens (tertiary/aromatic N) is 2. The lowest BCUT2D eigenvalue weighted by molar-refractivity contribution is -0.119. The summed E-state index contributed by atoms with van der Waals surface area (Å²) in [5.74, 6) is -0.968. The van der Waals surface area contributed by atoms with E-state index in [0.717, 1.165) is 0 Å². The minimum atomic E-state index is -0.704. The monoisotopic (exact) mass is 274 g/mol. The summed E-state index contributed by atoms with van der Waals surface area (Å²) < 4.78 is 2.06. The number of hydrogen-bond acceptors (Lipinski definition) is 3. The highest BCUT2D eigenvalue weighted by molar-refractivity contribution is 9.10. The van der Waals surface area contributed by atoms with Crippen molar-refractivity contribution in [3.8, 4) is 0 Å². The van der Waals surface area contributed by atoms with Gasteiger partial charge in [-0.1, -0.05) is 0 Å². The molecule has 0 radical (unpaired) electrons. The van der Waals surface area contributed by atoms with Gasteiger partial charge in [0.05, 0.1) is 11.8 Å². The molecule has 1 aromatic rings. The number of carbonyl (C=O) groups excluding carboxylic acids is 2. The molecule has 0 bridgehead atoms. The molecule has 0 fully saturated rings. The smallest absolute Gasteiger partial charge is 0.256 e. The molecule has 0 aliphatic carbocycles. The molecule has 0 aliphatic rings. The molecule has 15 heavy (non-hydrogen) atoms. The summed E-state index contributed by atoms with van der Waals surface area (Å²) in [5.41, 5.74) is 5.39. The zero-order chi connectivity index (χ0) is 11.6. The van der Waals surface area contributed by atoms with Crippen LogP contribution in [0.2, 0.25) is 0 Å². The van der Waals surface area contributed by atoms with Crippen LogP contribution >= 0.6 is 15.9 Å². The van der Waals surface area contributed by atoms with Crippen molar-refractivity contribution in [2.45, 2.75) is 13.0 Å². The summed E-state index contributed by atoms with van der Waals surface area (Å²) in [6.07, 6.45) is 1.41. The molecular weight excluding hydrogens is 264 g/mol. The Balaban J connectivity index is 2.78. The second kappa shape index (κ2) is 4.43. The van der Waals surface area contributed by atoms with E-state index in [0.29, 0.717) is 10.2 Å². The van der Waals surface area contributed by atoms with E-state index < -0.39 is 11.9 Å². The first-order valence-electron chi connectivity index (χ1n) is 4.21. The van der Waals surface area contributed by atoms with Gasteiger partial charge in [-0.3, -0.25) is 14.3 Å². The molecule has 0 aromatic carbocycles. The van der Waals surface area contributed by atoms with Gasteiger partial charge in [0.2, 0.25) is 5.91 Å². The fourth-order valence-corrected chi connectivity index (χ4v) is 1.29. The average Bonchev–Trinajstić information content (AvgIpc) is 2.47. The van der Waals surface area contributed by atoms with Crippen LogP contribution < -0.4 is 11.1 Å².